The van der Waals surface area contributed by atoms with Crippen molar-refractivity contribution in [1.29, 1.82) is 0 Å². The molecule has 8 heteroatoms. The second-order valence-electron chi connectivity index (χ2n) is 5.56. The van der Waals surface area contributed by atoms with Gasteiger partial charge in [0.05, 0.1) is 5.51 Å². The molecule has 0 unspecified atom stereocenters. The fourth-order valence-corrected chi connectivity index (χ4v) is 4.40. The SMILES string of the molecule is O=C(c1cscn1)N1CC[C@@H]2CN(c3nncs3)C[C@H]2C1. The van der Waals surface area contributed by atoms with Crippen molar-refractivity contribution in [3.8, 4) is 0 Å². The molecule has 0 N–H and O–H groups in total. The summed E-state index contributed by atoms with van der Waals surface area (Å²) in [5.41, 5.74) is 4.07. The average Bonchev–Trinajstić information content (AvgIpc) is 3.24. The van der Waals surface area contributed by atoms with E-state index in [1.807, 2.05) is 10.3 Å². The Balaban J connectivity index is 1.45. The van der Waals surface area contributed by atoms with E-state index >= 15 is 0 Å². The fourth-order valence-electron chi connectivity index (χ4n) is 3.29. The number of rotatable bonds is 2. The van der Waals surface area contributed by atoms with Crippen molar-refractivity contribution in [2.45, 2.75) is 6.42 Å². The third-order valence-corrected chi connectivity index (χ3v) is 5.70. The van der Waals surface area contributed by atoms with Gasteiger partial charge in [-0.05, 0) is 18.3 Å². The van der Waals surface area contributed by atoms with Crippen LogP contribution >= 0.6 is 22.7 Å². The number of likely N-dealkylation sites (tertiary alicyclic amines) is 1. The summed E-state index contributed by atoms with van der Waals surface area (Å²) >= 11 is 3.05. The van der Waals surface area contributed by atoms with E-state index in [1.54, 1.807) is 22.4 Å². The minimum atomic E-state index is 0.0732. The number of piperidine rings is 1. The summed E-state index contributed by atoms with van der Waals surface area (Å²) in [6.07, 6.45) is 1.07. The van der Waals surface area contributed by atoms with E-state index in [2.05, 4.69) is 20.1 Å². The van der Waals surface area contributed by atoms with Crippen molar-refractivity contribution in [2.24, 2.45) is 11.8 Å². The van der Waals surface area contributed by atoms with Crippen LogP contribution in [-0.4, -0.2) is 52.2 Å². The maximum atomic E-state index is 12.4. The predicted octanol–water partition coefficient (Wildman–Crippen LogP) is 1.59. The number of aromatic nitrogens is 3. The third-order valence-electron chi connectivity index (χ3n) is 4.36. The van der Waals surface area contributed by atoms with Crippen LogP contribution in [0.25, 0.3) is 0 Å². The Kier molecular flexibility index (Phi) is 3.34. The molecule has 2 aromatic heterocycles. The van der Waals surface area contributed by atoms with Crippen LogP contribution in [0.1, 0.15) is 16.9 Å². The molecule has 2 aromatic rings. The molecule has 0 saturated carbocycles. The van der Waals surface area contributed by atoms with Gasteiger partial charge in [0.15, 0.2) is 0 Å². The predicted molar refractivity (Wildman–Crippen MR) is 81.7 cm³/mol. The van der Waals surface area contributed by atoms with Gasteiger partial charge in [-0.2, -0.15) is 0 Å². The van der Waals surface area contributed by atoms with Crippen LogP contribution in [0, 0.1) is 11.8 Å². The van der Waals surface area contributed by atoms with Gasteiger partial charge in [-0.3, -0.25) is 4.79 Å². The molecule has 2 fully saturated rings. The average molecular weight is 321 g/mol. The third kappa shape index (κ3) is 2.42. The van der Waals surface area contributed by atoms with E-state index in [1.165, 1.54) is 11.3 Å². The number of hydrogen-bond donors (Lipinski definition) is 0. The number of carbonyl (C=O) groups excluding carboxylic acids is 1. The number of fused-ring (bicyclic) bond motifs is 1. The summed E-state index contributed by atoms with van der Waals surface area (Å²) < 4.78 is 0. The minimum Gasteiger partial charge on any atom is -0.346 e. The number of carbonyl (C=O) groups is 1. The molecular formula is C13H15N5OS2. The van der Waals surface area contributed by atoms with Crippen molar-refractivity contribution >= 4 is 33.7 Å². The van der Waals surface area contributed by atoms with Crippen molar-refractivity contribution in [2.75, 3.05) is 31.1 Å². The van der Waals surface area contributed by atoms with Crippen molar-refractivity contribution in [3.63, 3.8) is 0 Å². The normalized spacial score (nSPS) is 25.1. The molecule has 110 valence electrons. The van der Waals surface area contributed by atoms with E-state index in [0.717, 1.165) is 37.7 Å². The topological polar surface area (TPSA) is 62.2 Å². The molecule has 0 radical (unpaired) electrons. The number of anilines is 1. The van der Waals surface area contributed by atoms with E-state index < -0.39 is 0 Å². The Morgan fingerprint density at radius 1 is 1.24 bits per heavy atom. The van der Waals surface area contributed by atoms with E-state index in [-0.39, 0.29) is 5.91 Å². The highest BCUT2D eigenvalue weighted by Gasteiger charge is 2.39. The largest absolute Gasteiger partial charge is 0.346 e. The van der Waals surface area contributed by atoms with Crippen LogP contribution in [0.2, 0.25) is 0 Å². The summed E-state index contributed by atoms with van der Waals surface area (Å²) in [4.78, 5) is 20.8. The molecule has 2 atom stereocenters. The quantitative estimate of drug-likeness (QED) is 0.840. The van der Waals surface area contributed by atoms with Gasteiger partial charge in [0.25, 0.3) is 5.91 Å². The Morgan fingerprint density at radius 3 is 2.90 bits per heavy atom. The zero-order chi connectivity index (χ0) is 14.2. The number of thiazole rings is 1. The van der Waals surface area contributed by atoms with Crippen molar-refractivity contribution in [1.82, 2.24) is 20.1 Å². The highest BCUT2D eigenvalue weighted by atomic mass is 32.1. The zero-order valence-corrected chi connectivity index (χ0v) is 13.0. The zero-order valence-electron chi connectivity index (χ0n) is 11.4. The summed E-state index contributed by atoms with van der Waals surface area (Å²) in [7, 11) is 0. The molecule has 0 aliphatic carbocycles. The van der Waals surface area contributed by atoms with Crippen LogP contribution in [0.3, 0.4) is 0 Å². The van der Waals surface area contributed by atoms with Crippen molar-refractivity contribution in [3.05, 3.63) is 22.1 Å². The van der Waals surface area contributed by atoms with Gasteiger partial charge in [-0.25, -0.2) is 4.98 Å². The van der Waals surface area contributed by atoms with Crippen molar-refractivity contribution < 1.29 is 4.79 Å². The lowest BCUT2D eigenvalue weighted by Gasteiger charge is -2.33. The van der Waals surface area contributed by atoms with Gasteiger partial charge in [0, 0.05) is 31.6 Å². The van der Waals surface area contributed by atoms with Crippen LogP contribution in [0.5, 0.6) is 0 Å². The molecule has 6 nitrogen and oxygen atoms in total. The highest BCUT2D eigenvalue weighted by Crippen LogP contribution is 2.34. The highest BCUT2D eigenvalue weighted by molar-refractivity contribution is 7.13. The molecule has 1 amide bonds. The molecule has 4 heterocycles. The van der Waals surface area contributed by atoms with Gasteiger partial charge in [-0.1, -0.05) is 11.3 Å². The Morgan fingerprint density at radius 2 is 2.14 bits per heavy atom. The first-order chi connectivity index (χ1) is 10.3. The van der Waals surface area contributed by atoms with Crippen LogP contribution in [0.4, 0.5) is 5.13 Å². The molecular weight excluding hydrogens is 306 g/mol. The lowest BCUT2D eigenvalue weighted by molar-refractivity contribution is 0.0637. The molecule has 4 rings (SSSR count). The molecule has 21 heavy (non-hydrogen) atoms. The van der Waals surface area contributed by atoms with E-state index in [0.29, 0.717) is 17.5 Å². The molecule has 2 saturated heterocycles. The minimum absolute atomic E-state index is 0.0732. The number of nitrogens with zero attached hydrogens (tertiary/aromatic N) is 5. The second kappa shape index (κ2) is 5.34. The summed E-state index contributed by atoms with van der Waals surface area (Å²) in [6.45, 7) is 3.68. The first-order valence-corrected chi connectivity index (χ1v) is 8.82. The lowest BCUT2D eigenvalue weighted by atomic mass is 9.88. The van der Waals surface area contributed by atoms with Gasteiger partial charge >= 0.3 is 0 Å². The summed E-state index contributed by atoms with van der Waals surface area (Å²) in [5.74, 6) is 1.27. The van der Waals surface area contributed by atoms with Crippen LogP contribution in [-0.2, 0) is 0 Å². The number of amides is 1. The molecule has 2 aliphatic rings. The Hall–Kier alpha value is -1.54. The summed E-state index contributed by atoms with van der Waals surface area (Å²) in [5, 5.41) is 10.9. The smallest absolute Gasteiger partial charge is 0.273 e. The lowest BCUT2D eigenvalue weighted by Crippen LogP contribution is -2.43. The second-order valence-corrected chi connectivity index (χ2v) is 7.09. The number of hydrogen-bond acceptors (Lipinski definition) is 7. The summed E-state index contributed by atoms with van der Waals surface area (Å²) in [6, 6.07) is 0. The van der Waals surface area contributed by atoms with Gasteiger partial charge in [0.2, 0.25) is 5.13 Å². The van der Waals surface area contributed by atoms with Gasteiger partial charge in [0.1, 0.15) is 11.2 Å². The first kappa shape index (κ1) is 13.1. The van der Waals surface area contributed by atoms with E-state index in [9.17, 15) is 4.79 Å². The Labute approximate surface area is 130 Å². The maximum absolute atomic E-state index is 12.4. The van der Waals surface area contributed by atoms with Crippen LogP contribution < -0.4 is 4.90 Å². The molecule has 0 aromatic carbocycles. The molecule has 0 spiro atoms. The monoisotopic (exact) mass is 321 g/mol. The Bertz CT molecular complexity index is 615. The van der Waals surface area contributed by atoms with Crippen LogP contribution in [0.15, 0.2) is 16.4 Å². The molecule has 0 bridgehead atoms. The fraction of sp³-hybridized carbons (Fsp3) is 0.538. The van der Waals surface area contributed by atoms with Gasteiger partial charge < -0.3 is 9.80 Å². The molecule has 2 aliphatic heterocycles. The first-order valence-electron chi connectivity index (χ1n) is 7.00. The van der Waals surface area contributed by atoms with Gasteiger partial charge in [-0.15, -0.1) is 21.5 Å². The maximum Gasteiger partial charge on any atom is 0.273 e. The standard InChI is InChI=1S/C13H15N5OS2/c19-12(11-6-20-7-14-11)17-2-1-9-3-18(5-10(9)4-17)13-16-15-8-21-13/h6-10H,1-5H2/t9-,10-/m1/s1. The van der Waals surface area contributed by atoms with E-state index in [4.69, 9.17) is 0 Å².